The SMILES string of the molecule is COC(=O)c1cccc(N2C(=O)[C@H]3[C@H](C2=O)[C@H]2C=C[C@H]3C2=C(c2ccccc2)c2ccccc2)c1. The lowest BCUT2D eigenvalue weighted by Gasteiger charge is -2.22. The molecule has 172 valence electrons. The first kappa shape index (κ1) is 21.3. The van der Waals surface area contributed by atoms with E-state index < -0.39 is 17.8 Å². The summed E-state index contributed by atoms with van der Waals surface area (Å²) >= 11 is 0. The summed E-state index contributed by atoms with van der Waals surface area (Å²) in [6, 6.07) is 26.8. The van der Waals surface area contributed by atoms with E-state index in [-0.39, 0.29) is 23.7 Å². The van der Waals surface area contributed by atoms with Gasteiger partial charge in [0.1, 0.15) is 0 Å². The number of fused-ring (bicyclic) bond motifs is 5. The molecule has 0 spiro atoms. The Balaban J connectivity index is 1.45. The third-order valence-corrected chi connectivity index (χ3v) is 7.35. The fraction of sp³-hybridized carbons (Fsp3) is 0.167. The molecule has 2 aliphatic carbocycles. The molecular weight excluding hydrogens is 438 g/mol. The molecule has 0 aromatic heterocycles. The molecule has 2 bridgehead atoms. The number of methoxy groups -OCH3 is 1. The summed E-state index contributed by atoms with van der Waals surface area (Å²) in [5, 5.41) is 0. The van der Waals surface area contributed by atoms with Crippen molar-refractivity contribution in [3.05, 3.63) is 119 Å². The van der Waals surface area contributed by atoms with Gasteiger partial charge in [-0.25, -0.2) is 9.69 Å². The molecule has 0 unspecified atom stereocenters. The van der Waals surface area contributed by atoms with Gasteiger partial charge in [0.15, 0.2) is 0 Å². The maximum Gasteiger partial charge on any atom is 0.337 e. The topological polar surface area (TPSA) is 63.7 Å². The molecular formula is C30H23NO4. The van der Waals surface area contributed by atoms with Crippen molar-refractivity contribution in [2.45, 2.75) is 0 Å². The van der Waals surface area contributed by atoms with Crippen LogP contribution in [-0.2, 0) is 14.3 Å². The van der Waals surface area contributed by atoms with Gasteiger partial charge in [-0.2, -0.15) is 0 Å². The Morgan fingerprint density at radius 2 is 1.23 bits per heavy atom. The molecule has 2 fully saturated rings. The summed E-state index contributed by atoms with van der Waals surface area (Å²) in [6.45, 7) is 0. The van der Waals surface area contributed by atoms with E-state index in [9.17, 15) is 14.4 Å². The second-order valence-corrected chi connectivity index (χ2v) is 9.10. The number of carbonyl (C=O) groups excluding carboxylic acids is 3. The van der Waals surface area contributed by atoms with Crippen LogP contribution in [0.15, 0.2) is 103 Å². The van der Waals surface area contributed by atoms with Gasteiger partial charge in [-0.1, -0.05) is 78.9 Å². The number of hydrogen-bond acceptors (Lipinski definition) is 4. The average Bonchev–Trinajstić information content (AvgIpc) is 3.54. The largest absolute Gasteiger partial charge is 0.465 e. The molecule has 5 heteroatoms. The number of ether oxygens (including phenoxy) is 1. The summed E-state index contributed by atoms with van der Waals surface area (Å²) in [5.74, 6) is -2.12. The second kappa shape index (κ2) is 8.20. The highest BCUT2D eigenvalue weighted by atomic mass is 16.5. The molecule has 3 aromatic rings. The fourth-order valence-electron chi connectivity index (χ4n) is 5.95. The summed E-state index contributed by atoms with van der Waals surface area (Å²) in [4.78, 5) is 40.7. The fourth-order valence-corrected chi connectivity index (χ4v) is 5.95. The summed E-state index contributed by atoms with van der Waals surface area (Å²) in [7, 11) is 1.31. The molecule has 1 aliphatic heterocycles. The number of amides is 2. The van der Waals surface area contributed by atoms with Crippen LogP contribution < -0.4 is 4.90 Å². The predicted octanol–water partition coefficient (Wildman–Crippen LogP) is 4.90. The van der Waals surface area contributed by atoms with Crippen LogP contribution in [-0.4, -0.2) is 24.9 Å². The minimum absolute atomic E-state index is 0.148. The Morgan fingerprint density at radius 1 is 0.714 bits per heavy atom. The van der Waals surface area contributed by atoms with Gasteiger partial charge in [0, 0.05) is 11.8 Å². The zero-order valence-corrected chi connectivity index (χ0v) is 19.1. The number of nitrogens with zero attached hydrogens (tertiary/aromatic N) is 1. The van der Waals surface area contributed by atoms with Crippen molar-refractivity contribution >= 4 is 29.0 Å². The van der Waals surface area contributed by atoms with E-state index in [4.69, 9.17) is 4.74 Å². The second-order valence-electron chi connectivity index (χ2n) is 9.10. The smallest absolute Gasteiger partial charge is 0.337 e. The van der Waals surface area contributed by atoms with Crippen molar-refractivity contribution in [2.24, 2.45) is 23.7 Å². The zero-order valence-electron chi connectivity index (χ0n) is 19.1. The third kappa shape index (κ3) is 3.19. The number of carbonyl (C=O) groups is 3. The highest BCUT2D eigenvalue weighted by molar-refractivity contribution is 6.23. The van der Waals surface area contributed by atoms with Crippen LogP contribution in [0.5, 0.6) is 0 Å². The first-order valence-corrected chi connectivity index (χ1v) is 11.7. The molecule has 2 amide bonds. The average molecular weight is 462 g/mol. The summed E-state index contributed by atoms with van der Waals surface area (Å²) in [6.07, 6.45) is 4.18. The number of imide groups is 1. The molecule has 0 N–H and O–H groups in total. The van der Waals surface area contributed by atoms with E-state index in [1.54, 1.807) is 24.3 Å². The molecule has 0 radical (unpaired) electrons. The number of benzene rings is 3. The molecule has 1 saturated carbocycles. The van der Waals surface area contributed by atoms with Crippen LogP contribution >= 0.6 is 0 Å². The Kier molecular flexibility index (Phi) is 4.99. The lowest BCUT2D eigenvalue weighted by atomic mass is 9.85. The van der Waals surface area contributed by atoms with E-state index in [1.165, 1.54) is 12.0 Å². The van der Waals surface area contributed by atoms with E-state index in [0.717, 1.165) is 22.3 Å². The molecule has 4 atom stereocenters. The van der Waals surface area contributed by atoms with Gasteiger partial charge in [-0.05, 0) is 40.5 Å². The molecule has 6 rings (SSSR count). The number of anilines is 1. The molecule has 3 aliphatic rings. The number of rotatable bonds is 4. The minimum Gasteiger partial charge on any atom is -0.465 e. The molecule has 1 saturated heterocycles. The highest BCUT2D eigenvalue weighted by Gasteiger charge is 2.62. The van der Waals surface area contributed by atoms with Gasteiger partial charge < -0.3 is 4.74 Å². The Morgan fingerprint density at radius 3 is 1.74 bits per heavy atom. The lowest BCUT2D eigenvalue weighted by molar-refractivity contribution is -0.122. The normalized spacial score (nSPS) is 24.1. The molecule has 5 nitrogen and oxygen atoms in total. The minimum atomic E-state index is -0.506. The zero-order chi connectivity index (χ0) is 24.1. The van der Waals surface area contributed by atoms with E-state index >= 15 is 0 Å². The van der Waals surface area contributed by atoms with Crippen molar-refractivity contribution in [1.29, 1.82) is 0 Å². The monoisotopic (exact) mass is 461 g/mol. The number of esters is 1. The van der Waals surface area contributed by atoms with Crippen LogP contribution in [0.25, 0.3) is 5.57 Å². The van der Waals surface area contributed by atoms with Gasteiger partial charge in [0.05, 0.1) is 30.2 Å². The van der Waals surface area contributed by atoms with Crippen LogP contribution in [0, 0.1) is 23.7 Å². The summed E-state index contributed by atoms with van der Waals surface area (Å²) in [5.41, 5.74) is 5.11. The Hall–Kier alpha value is -4.25. The number of hydrogen-bond donors (Lipinski definition) is 0. The lowest BCUT2D eigenvalue weighted by Crippen LogP contribution is -2.33. The van der Waals surface area contributed by atoms with E-state index in [1.807, 2.05) is 36.4 Å². The van der Waals surface area contributed by atoms with Gasteiger partial charge >= 0.3 is 5.97 Å². The molecule has 1 heterocycles. The molecule has 35 heavy (non-hydrogen) atoms. The van der Waals surface area contributed by atoms with Crippen molar-refractivity contribution < 1.29 is 19.1 Å². The van der Waals surface area contributed by atoms with Crippen LogP contribution in [0.4, 0.5) is 5.69 Å². The van der Waals surface area contributed by atoms with Gasteiger partial charge in [0.2, 0.25) is 11.8 Å². The first-order chi connectivity index (χ1) is 17.1. The van der Waals surface area contributed by atoms with E-state index in [2.05, 4.69) is 36.4 Å². The maximum atomic E-state index is 13.7. The third-order valence-electron chi connectivity index (χ3n) is 7.35. The van der Waals surface area contributed by atoms with Crippen LogP contribution in [0.3, 0.4) is 0 Å². The Bertz CT molecular complexity index is 1330. The highest BCUT2D eigenvalue weighted by Crippen LogP contribution is 2.58. The van der Waals surface area contributed by atoms with Crippen molar-refractivity contribution in [3.63, 3.8) is 0 Å². The van der Waals surface area contributed by atoms with Gasteiger partial charge in [-0.3, -0.25) is 9.59 Å². The van der Waals surface area contributed by atoms with Crippen LogP contribution in [0.2, 0.25) is 0 Å². The first-order valence-electron chi connectivity index (χ1n) is 11.7. The standard InChI is InChI=1S/C30H23NO4/c1-35-30(34)20-13-8-14-21(17-20)31-28(32)26-22-15-16-23(27(26)29(31)33)25(22)24(18-9-4-2-5-10-18)19-11-6-3-7-12-19/h2-17,22-23,26-27H,1H3/t22-,23-,26+,27+/m0/s1. The quantitative estimate of drug-likeness (QED) is 0.315. The van der Waals surface area contributed by atoms with Gasteiger partial charge in [-0.15, -0.1) is 0 Å². The van der Waals surface area contributed by atoms with Crippen molar-refractivity contribution in [2.75, 3.05) is 12.0 Å². The predicted molar refractivity (Wildman–Crippen MR) is 132 cm³/mol. The number of allylic oxidation sites excluding steroid dienone is 3. The van der Waals surface area contributed by atoms with Crippen molar-refractivity contribution in [1.82, 2.24) is 0 Å². The van der Waals surface area contributed by atoms with Crippen molar-refractivity contribution in [3.8, 4) is 0 Å². The van der Waals surface area contributed by atoms with Crippen LogP contribution in [0.1, 0.15) is 21.5 Å². The summed E-state index contributed by atoms with van der Waals surface area (Å²) < 4.78 is 4.81. The molecule has 3 aromatic carbocycles. The Labute approximate surface area is 203 Å². The maximum absolute atomic E-state index is 13.7. The van der Waals surface area contributed by atoms with Gasteiger partial charge in [0.25, 0.3) is 0 Å². The van der Waals surface area contributed by atoms with E-state index in [0.29, 0.717) is 11.3 Å².